The molecule has 0 aromatic heterocycles. The molecule has 140 valence electrons. The molecular formula is C18H21BrN2O5. The first-order valence-corrected chi connectivity index (χ1v) is 9.68. The molecule has 4 rings (SSSR count). The molecule has 2 saturated heterocycles. The second-order valence-corrected chi connectivity index (χ2v) is 7.56. The summed E-state index contributed by atoms with van der Waals surface area (Å²) >= 11 is 3.40. The third-order valence-electron chi connectivity index (χ3n) is 4.99. The van der Waals surface area contributed by atoms with Crippen LogP contribution in [0.15, 0.2) is 22.7 Å². The molecule has 0 aliphatic carbocycles. The molecule has 26 heavy (non-hydrogen) atoms. The van der Waals surface area contributed by atoms with Gasteiger partial charge in [-0.25, -0.2) is 0 Å². The number of halogens is 1. The Morgan fingerprint density at radius 2 is 2.04 bits per heavy atom. The van der Waals surface area contributed by atoms with Gasteiger partial charge in [-0.05, 0) is 37.5 Å². The van der Waals surface area contributed by atoms with Crippen LogP contribution in [0.5, 0.6) is 5.75 Å². The number of carbonyl (C=O) groups is 2. The van der Waals surface area contributed by atoms with Crippen molar-refractivity contribution in [2.75, 3.05) is 37.8 Å². The molecule has 0 saturated carbocycles. The van der Waals surface area contributed by atoms with Gasteiger partial charge in [-0.3, -0.25) is 14.5 Å². The number of ether oxygens (including phenoxy) is 3. The highest BCUT2D eigenvalue weighted by Crippen LogP contribution is 2.34. The number of amides is 2. The fourth-order valence-electron chi connectivity index (χ4n) is 3.73. The maximum absolute atomic E-state index is 13.0. The van der Waals surface area contributed by atoms with Gasteiger partial charge in [0.15, 0.2) is 12.9 Å². The summed E-state index contributed by atoms with van der Waals surface area (Å²) in [6, 6.07) is 5.35. The van der Waals surface area contributed by atoms with E-state index in [1.165, 1.54) is 4.90 Å². The first-order chi connectivity index (χ1) is 12.6. The number of hydrogen-bond acceptors (Lipinski definition) is 5. The van der Waals surface area contributed by atoms with Crippen molar-refractivity contribution in [2.45, 2.75) is 31.6 Å². The van der Waals surface area contributed by atoms with Gasteiger partial charge < -0.3 is 19.1 Å². The SMILES string of the molecule is O=C1COc2cc(Br)ccc2N1CC(=O)N1CCCCC1C1OCCO1. The highest BCUT2D eigenvalue weighted by atomic mass is 79.9. The lowest BCUT2D eigenvalue weighted by molar-refractivity contribution is -0.149. The van der Waals surface area contributed by atoms with Crippen LogP contribution in [0.4, 0.5) is 5.69 Å². The second kappa shape index (κ2) is 7.54. The Hall–Kier alpha value is -1.64. The summed E-state index contributed by atoms with van der Waals surface area (Å²) in [6.07, 6.45) is 2.50. The van der Waals surface area contributed by atoms with E-state index < -0.39 is 0 Å². The fourth-order valence-corrected chi connectivity index (χ4v) is 4.07. The highest BCUT2D eigenvalue weighted by molar-refractivity contribution is 9.10. The molecule has 0 radical (unpaired) electrons. The zero-order valence-corrected chi connectivity index (χ0v) is 15.9. The Kier molecular flexibility index (Phi) is 5.15. The first kappa shape index (κ1) is 17.8. The van der Waals surface area contributed by atoms with Crippen LogP contribution in [-0.2, 0) is 19.1 Å². The summed E-state index contributed by atoms with van der Waals surface area (Å²) in [6.45, 7) is 1.73. The molecule has 2 fully saturated rings. The van der Waals surface area contributed by atoms with Gasteiger partial charge in [0.25, 0.3) is 5.91 Å². The Labute approximate surface area is 160 Å². The molecule has 1 atom stereocenters. The normalized spacial score (nSPS) is 23.7. The van der Waals surface area contributed by atoms with Crippen molar-refractivity contribution in [3.05, 3.63) is 22.7 Å². The standard InChI is InChI=1S/C18H21BrN2O5/c19-12-4-5-13-15(9-12)26-11-17(23)21(13)10-16(22)20-6-2-1-3-14(20)18-24-7-8-25-18/h4-5,9,14,18H,1-3,6-8,10-11H2. The molecule has 7 nitrogen and oxygen atoms in total. The van der Waals surface area contributed by atoms with E-state index in [2.05, 4.69) is 15.9 Å². The van der Waals surface area contributed by atoms with Crippen LogP contribution in [0.1, 0.15) is 19.3 Å². The van der Waals surface area contributed by atoms with Crippen LogP contribution in [0.3, 0.4) is 0 Å². The lowest BCUT2D eigenvalue weighted by Gasteiger charge is -2.39. The lowest BCUT2D eigenvalue weighted by atomic mass is 10.0. The van der Waals surface area contributed by atoms with Crippen LogP contribution >= 0.6 is 15.9 Å². The minimum atomic E-state index is -0.358. The molecule has 1 aromatic carbocycles. The van der Waals surface area contributed by atoms with Gasteiger partial charge in [-0.2, -0.15) is 0 Å². The molecule has 1 unspecified atom stereocenters. The number of likely N-dealkylation sites (tertiary alicyclic amines) is 1. The number of benzene rings is 1. The zero-order chi connectivity index (χ0) is 18.1. The first-order valence-electron chi connectivity index (χ1n) is 8.89. The summed E-state index contributed by atoms with van der Waals surface area (Å²) in [5.41, 5.74) is 0.625. The van der Waals surface area contributed by atoms with Gasteiger partial charge in [0.1, 0.15) is 12.3 Å². The third-order valence-corrected chi connectivity index (χ3v) is 5.48. The Balaban J connectivity index is 1.52. The predicted molar refractivity (Wildman–Crippen MR) is 97.0 cm³/mol. The van der Waals surface area contributed by atoms with Gasteiger partial charge in [0, 0.05) is 11.0 Å². The average molecular weight is 425 g/mol. The molecule has 3 heterocycles. The van der Waals surface area contributed by atoms with Crippen molar-refractivity contribution in [3.8, 4) is 5.75 Å². The number of carbonyl (C=O) groups excluding carboxylic acids is 2. The van der Waals surface area contributed by atoms with E-state index in [9.17, 15) is 9.59 Å². The summed E-state index contributed by atoms with van der Waals surface area (Å²) in [5, 5.41) is 0. The number of piperidine rings is 1. The fraction of sp³-hybridized carbons (Fsp3) is 0.556. The van der Waals surface area contributed by atoms with E-state index in [1.54, 1.807) is 6.07 Å². The smallest absolute Gasteiger partial charge is 0.265 e. The van der Waals surface area contributed by atoms with Crippen molar-refractivity contribution in [1.29, 1.82) is 0 Å². The number of anilines is 1. The monoisotopic (exact) mass is 424 g/mol. The van der Waals surface area contributed by atoms with E-state index in [1.807, 2.05) is 17.0 Å². The Morgan fingerprint density at radius 3 is 2.85 bits per heavy atom. The van der Waals surface area contributed by atoms with E-state index >= 15 is 0 Å². The molecule has 3 aliphatic rings. The minimum absolute atomic E-state index is 0.0000454. The summed E-state index contributed by atoms with van der Waals surface area (Å²) in [7, 11) is 0. The molecule has 3 aliphatic heterocycles. The molecule has 2 amide bonds. The van der Waals surface area contributed by atoms with Gasteiger partial charge in [0.2, 0.25) is 5.91 Å². The molecule has 0 N–H and O–H groups in total. The van der Waals surface area contributed by atoms with Crippen LogP contribution in [0.25, 0.3) is 0 Å². The van der Waals surface area contributed by atoms with E-state index in [-0.39, 0.29) is 37.3 Å². The van der Waals surface area contributed by atoms with E-state index in [0.29, 0.717) is 31.2 Å². The molecule has 0 spiro atoms. The quantitative estimate of drug-likeness (QED) is 0.741. The van der Waals surface area contributed by atoms with E-state index in [4.69, 9.17) is 14.2 Å². The topological polar surface area (TPSA) is 68.3 Å². The number of rotatable bonds is 3. The molecule has 0 bridgehead atoms. The van der Waals surface area contributed by atoms with Crippen molar-refractivity contribution in [2.24, 2.45) is 0 Å². The summed E-state index contributed by atoms with van der Waals surface area (Å²) in [4.78, 5) is 28.7. The van der Waals surface area contributed by atoms with E-state index in [0.717, 1.165) is 23.7 Å². The molecule has 1 aromatic rings. The largest absolute Gasteiger partial charge is 0.482 e. The van der Waals surface area contributed by atoms with Crippen molar-refractivity contribution in [1.82, 2.24) is 4.90 Å². The number of nitrogens with zero attached hydrogens (tertiary/aromatic N) is 2. The van der Waals surface area contributed by atoms with Gasteiger partial charge in [0.05, 0.1) is 24.9 Å². The van der Waals surface area contributed by atoms with Crippen molar-refractivity contribution >= 4 is 33.4 Å². The van der Waals surface area contributed by atoms with Gasteiger partial charge in [-0.1, -0.05) is 15.9 Å². The van der Waals surface area contributed by atoms with Crippen LogP contribution in [0.2, 0.25) is 0 Å². The Bertz CT molecular complexity index is 707. The van der Waals surface area contributed by atoms with Crippen LogP contribution in [0, 0.1) is 0 Å². The Morgan fingerprint density at radius 1 is 1.23 bits per heavy atom. The van der Waals surface area contributed by atoms with Crippen LogP contribution in [-0.4, -0.2) is 62.0 Å². The second-order valence-electron chi connectivity index (χ2n) is 6.64. The molecule has 8 heteroatoms. The third kappa shape index (κ3) is 3.45. The average Bonchev–Trinajstić information content (AvgIpc) is 3.18. The predicted octanol–water partition coefficient (Wildman–Crippen LogP) is 1.93. The maximum Gasteiger partial charge on any atom is 0.265 e. The summed E-state index contributed by atoms with van der Waals surface area (Å²) < 4.78 is 17.6. The number of hydrogen-bond donors (Lipinski definition) is 0. The van der Waals surface area contributed by atoms with Crippen molar-refractivity contribution < 1.29 is 23.8 Å². The molecular weight excluding hydrogens is 404 g/mol. The number of fused-ring (bicyclic) bond motifs is 1. The zero-order valence-electron chi connectivity index (χ0n) is 14.4. The van der Waals surface area contributed by atoms with Gasteiger partial charge in [-0.15, -0.1) is 0 Å². The van der Waals surface area contributed by atoms with Crippen LogP contribution < -0.4 is 9.64 Å². The maximum atomic E-state index is 13.0. The summed E-state index contributed by atoms with van der Waals surface area (Å²) in [5.74, 6) is 0.303. The van der Waals surface area contributed by atoms with Gasteiger partial charge >= 0.3 is 0 Å². The lowest BCUT2D eigenvalue weighted by Crippen LogP contribution is -2.54. The minimum Gasteiger partial charge on any atom is -0.482 e. The highest BCUT2D eigenvalue weighted by Gasteiger charge is 2.38. The van der Waals surface area contributed by atoms with Crippen molar-refractivity contribution in [3.63, 3.8) is 0 Å².